The lowest BCUT2D eigenvalue weighted by molar-refractivity contribution is -0.147. The number of halogens is 2. The first-order valence-electron chi connectivity index (χ1n) is 8.81. The number of carbonyl (C=O) groups is 1. The smallest absolute Gasteiger partial charge is 0.324 e. The van der Waals surface area contributed by atoms with Crippen molar-refractivity contribution in [1.82, 2.24) is 4.31 Å². The summed E-state index contributed by atoms with van der Waals surface area (Å²) >= 11 is 6.54. The molecule has 0 aliphatic carbocycles. The Morgan fingerprint density at radius 3 is 2.25 bits per heavy atom. The molecule has 0 heterocycles. The van der Waals surface area contributed by atoms with Crippen molar-refractivity contribution >= 4 is 47.9 Å². The molecule has 0 saturated heterocycles. The summed E-state index contributed by atoms with van der Waals surface area (Å²) in [6.07, 6.45) is 0.236. The number of rotatable bonds is 10. The van der Waals surface area contributed by atoms with Gasteiger partial charge in [-0.1, -0.05) is 79.9 Å². The van der Waals surface area contributed by atoms with Crippen LogP contribution in [-0.4, -0.2) is 48.5 Å². The second kappa shape index (κ2) is 11.1. The highest BCUT2D eigenvalue weighted by Crippen LogP contribution is 2.22. The highest BCUT2D eigenvalue weighted by Gasteiger charge is 2.36. The molecule has 0 amide bonds. The molecule has 8 heteroatoms. The Morgan fingerprint density at radius 1 is 1.04 bits per heavy atom. The molecule has 1 unspecified atom stereocenters. The van der Waals surface area contributed by atoms with Crippen LogP contribution in [0.4, 0.5) is 0 Å². The van der Waals surface area contributed by atoms with E-state index in [4.69, 9.17) is 4.74 Å². The van der Waals surface area contributed by atoms with Gasteiger partial charge in [0.25, 0.3) is 0 Å². The third-order valence-corrected chi connectivity index (χ3v) is 6.75. The average molecular weight is 533 g/mol. The zero-order valence-electron chi connectivity index (χ0n) is 15.6. The van der Waals surface area contributed by atoms with Crippen molar-refractivity contribution in [3.63, 3.8) is 0 Å². The van der Waals surface area contributed by atoms with E-state index in [-0.39, 0.29) is 24.5 Å². The molecule has 0 bridgehead atoms. The zero-order valence-corrected chi connectivity index (χ0v) is 19.5. The van der Waals surface area contributed by atoms with E-state index in [1.54, 1.807) is 24.3 Å². The van der Waals surface area contributed by atoms with Crippen LogP contribution in [0, 0.1) is 6.92 Å². The minimum Gasteiger partial charge on any atom is -0.464 e. The van der Waals surface area contributed by atoms with E-state index in [9.17, 15) is 13.2 Å². The molecule has 28 heavy (non-hydrogen) atoms. The Bertz CT molecular complexity index is 858. The van der Waals surface area contributed by atoms with Crippen molar-refractivity contribution < 1.29 is 17.9 Å². The number of benzene rings is 2. The van der Waals surface area contributed by atoms with Crippen molar-refractivity contribution in [2.45, 2.75) is 24.3 Å². The number of esters is 1. The molecule has 0 aromatic heterocycles. The number of alkyl halides is 2. The molecule has 0 spiro atoms. The van der Waals surface area contributed by atoms with Gasteiger partial charge in [0.05, 0.1) is 4.90 Å². The fourth-order valence-corrected chi connectivity index (χ4v) is 5.10. The average Bonchev–Trinajstić information content (AvgIpc) is 2.69. The summed E-state index contributed by atoms with van der Waals surface area (Å²) in [4.78, 5) is 12.9. The molecular formula is C20H23Br2NO4S. The van der Waals surface area contributed by atoms with Crippen LogP contribution in [0.5, 0.6) is 0 Å². The maximum absolute atomic E-state index is 13.3. The number of aryl methyl sites for hydroxylation is 1. The lowest BCUT2D eigenvalue weighted by Gasteiger charge is -2.29. The molecule has 1 atom stereocenters. The van der Waals surface area contributed by atoms with Crippen LogP contribution in [0.1, 0.15) is 11.1 Å². The van der Waals surface area contributed by atoms with Gasteiger partial charge in [-0.3, -0.25) is 4.79 Å². The lowest BCUT2D eigenvalue weighted by Crippen LogP contribution is -2.48. The van der Waals surface area contributed by atoms with Gasteiger partial charge < -0.3 is 4.74 Å². The first kappa shape index (κ1) is 23.1. The molecule has 2 aromatic carbocycles. The van der Waals surface area contributed by atoms with Crippen molar-refractivity contribution in [3.8, 4) is 0 Å². The Hall–Kier alpha value is -1.22. The SMILES string of the molecule is Cc1ccc(S(=O)(=O)N(CCBr)C(Cc2ccccc2)C(=O)OCCBr)cc1. The van der Waals surface area contributed by atoms with Gasteiger partial charge in [0.2, 0.25) is 10.0 Å². The number of sulfonamides is 1. The van der Waals surface area contributed by atoms with Crippen LogP contribution in [-0.2, 0) is 26.0 Å². The van der Waals surface area contributed by atoms with Gasteiger partial charge in [0, 0.05) is 17.2 Å². The van der Waals surface area contributed by atoms with Crippen LogP contribution in [0.3, 0.4) is 0 Å². The van der Waals surface area contributed by atoms with Crippen LogP contribution in [0.2, 0.25) is 0 Å². The molecule has 0 aliphatic heterocycles. The van der Waals surface area contributed by atoms with Crippen molar-refractivity contribution in [3.05, 3.63) is 65.7 Å². The summed E-state index contributed by atoms with van der Waals surface area (Å²) in [7, 11) is -3.88. The normalized spacial score (nSPS) is 12.7. The zero-order chi connectivity index (χ0) is 20.6. The van der Waals surface area contributed by atoms with Crippen LogP contribution >= 0.6 is 31.9 Å². The summed E-state index contributed by atoms with van der Waals surface area (Å²) in [6, 6.07) is 15.0. The predicted molar refractivity (Wildman–Crippen MR) is 118 cm³/mol. The van der Waals surface area contributed by atoms with Crippen molar-refractivity contribution in [1.29, 1.82) is 0 Å². The largest absolute Gasteiger partial charge is 0.464 e. The van der Waals surface area contributed by atoms with E-state index in [0.29, 0.717) is 10.7 Å². The first-order chi connectivity index (χ1) is 13.4. The molecule has 2 aromatic rings. The van der Waals surface area contributed by atoms with E-state index in [1.165, 1.54) is 4.31 Å². The Balaban J connectivity index is 2.43. The van der Waals surface area contributed by atoms with Gasteiger partial charge in [-0.05, 0) is 31.0 Å². The number of hydrogen-bond acceptors (Lipinski definition) is 4. The van der Waals surface area contributed by atoms with E-state index in [0.717, 1.165) is 11.1 Å². The van der Waals surface area contributed by atoms with E-state index >= 15 is 0 Å². The van der Waals surface area contributed by atoms with Gasteiger partial charge in [-0.15, -0.1) is 0 Å². The highest BCUT2D eigenvalue weighted by atomic mass is 79.9. The van der Waals surface area contributed by atoms with Gasteiger partial charge in [0.15, 0.2) is 0 Å². The first-order valence-corrected chi connectivity index (χ1v) is 12.5. The Kier molecular flexibility index (Phi) is 9.14. The molecule has 2 rings (SSSR count). The molecule has 0 radical (unpaired) electrons. The van der Waals surface area contributed by atoms with Crippen LogP contribution < -0.4 is 0 Å². The molecule has 0 fully saturated rings. The second-order valence-electron chi connectivity index (χ2n) is 6.18. The number of nitrogens with zero attached hydrogens (tertiary/aromatic N) is 1. The van der Waals surface area contributed by atoms with Gasteiger partial charge >= 0.3 is 5.97 Å². The summed E-state index contributed by atoms with van der Waals surface area (Å²) in [6.45, 7) is 2.22. The van der Waals surface area contributed by atoms with Gasteiger partial charge in [-0.25, -0.2) is 8.42 Å². The molecule has 0 saturated carbocycles. The standard InChI is InChI=1S/C20H23Br2NO4S/c1-16-7-9-18(10-8-16)28(25,26)23(13-11-21)19(20(24)27-14-12-22)15-17-5-3-2-4-6-17/h2-10,19H,11-15H2,1H3. The second-order valence-corrected chi connectivity index (χ2v) is 9.66. The third kappa shape index (κ3) is 6.14. The predicted octanol–water partition coefficient (Wildman–Crippen LogP) is 3.93. The van der Waals surface area contributed by atoms with Crippen LogP contribution in [0.25, 0.3) is 0 Å². The highest BCUT2D eigenvalue weighted by molar-refractivity contribution is 9.09. The van der Waals surface area contributed by atoms with E-state index in [2.05, 4.69) is 31.9 Å². The maximum atomic E-state index is 13.3. The third-order valence-electron chi connectivity index (χ3n) is 4.15. The topological polar surface area (TPSA) is 63.7 Å². The summed E-state index contributed by atoms with van der Waals surface area (Å²) in [5.41, 5.74) is 1.82. The molecule has 152 valence electrons. The monoisotopic (exact) mass is 531 g/mol. The lowest BCUT2D eigenvalue weighted by atomic mass is 10.1. The quantitative estimate of drug-likeness (QED) is 0.343. The van der Waals surface area contributed by atoms with E-state index < -0.39 is 22.0 Å². The Morgan fingerprint density at radius 2 is 1.68 bits per heavy atom. The minimum absolute atomic E-state index is 0.150. The molecule has 0 aliphatic rings. The summed E-state index contributed by atoms with van der Waals surface area (Å²) in [5.74, 6) is -0.556. The summed E-state index contributed by atoms with van der Waals surface area (Å²) in [5, 5.41) is 0.884. The van der Waals surface area contributed by atoms with Crippen molar-refractivity contribution in [2.24, 2.45) is 0 Å². The van der Waals surface area contributed by atoms with Crippen molar-refractivity contribution in [2.75, 3.05) is 23.8 Å². The number of hydrogen-bond donors (Lipinski definition) is 0. The Labute approximate surface area is 183 Å². The fourth-order valence-electron chi connectivity index (χ4n) is 2.75. The minimum atomic E-state index is -3.88. The van der Waals surface area contributed by atoms with Gasteiger partial charge in [0.1, 0.15) is 12.6 Å². The van der Waals surface area contributed by atoms with Crippen LogP contribution in [0.15, 0.2) is 59.5 Å². The van der Waals surface area contributed by atoms with Gasteiger partial charge in [-0.2, -0.15) is 4.31 Å². The maximum Gasteiger partial charge on any atom is 0.324 e. The number of carbonyl (C=O) groups excluding carboxylic acids is 1. The number of ether oxygens (including phenoxy) is 1. The molecular weight excluding hydrogens is 510 g/mol. The molecule has 0 N–H and O–H groups in total. The fraction of sp³-hybridized carbons (Fsp3) is 0.350. The molecule has 5 nitrogen and oxygen atoms in total. The van der Waals surface area contributed by atoms with E-state index in [1.807, 2.05) is 37.3 Å². The summed E-state index contributed by atoms with van der Waals surface area (Å²) < 4.78 is 33.2.